The lowest BCUT2D eigenvalue weighted by molar-refractivity contribution is -0.384. The molecule has 7 heteroatoms. The predicted molar refractivity (Wildman–Crippen MR) is 105 cm³/mol. The highest BCUT2D eigenvalue weighted by molar-refractivity contribution is 5.46. The molecule has 0 radical (unpaired) electrons. The van der Waals surface area contributed by atoms with Crippen LogP contribution in [0.25, 0.3) is 0 Å². The Balaban J connectivity index is 1.25. The first-order chi connectivity index (χ1) is 14.0. The van der Waals surface area contributed by atoms with Crippen molar-refractivity contribution in [1.29, 1.82) is 0 Å². The lowest BCUT2D eigenvalue weighted by atomic mass is 9.78. The minimum absolute atomic E-state index is 0.00812. The normalized spacial score (nSPS) is 17.0. The van der Waals surface area contributed by atoms with Crippen molar-refractivity contribution in [3.05, 3.63) is 69.5 Å². The summed E-state index contributed by atoms with van der Waals surface area (Å²) >= 11 is 0. The molecule has 2 aliphatic rings. The van der Waals surface area contributed by atoms with Crippen LogP contribution in [0.4, 0.5) is 10.1 Å². The SMILES string of the molecule is O=[N+]([O-])c1ccc(C#Cc2ccc(OCCCN3CC4(COC4)C3)c(F)c2)cc1. The van der Waals surface area contributed by atoms with Crippen LogP contribution in [0.5, 0.6) is 5.75 Å². The monoisotopic (exact) mass is 396 g/mol. The molecule has 2 aromatic carbocycles. The molecule has 1 spiro atoms. The molecule has 0 amide bonds. The first-order valence-corrected chi connectivity index (χ1v) is 9.52. The summed E-state index contributed by atoms with van der Waals surface area (Å²) in [4.78, 5) is 12.6. The molecule has 0 aromatic heterocycles. The quantitative estimate of drug-likeness (QED) is 0.325. The Morgan fingerprint density at radius 2 is 1.83 bits per heavy atom. The zero-order valence-electron chi connectivity index (χ0n) is 15.9. The van der Waals surface area contributed by atoms with Crippen LogP contribution in [0, 0.1) is 33.2 Å². The van der Waals surface area contributed by atoms with Gasteiger partial charge < -0.3 is 14.4 Å². The van der Waals surface area contributed by atoms with E-state index in [-0.39, 0.29) is 11.4 Å². The average molecular weight is 396 g/mol. The predicted octanol–water partition coefficient (Wildman–Crippen LogP) is 3.23. The third-order valence-electron chi connectivity index (χ3n) is 5.17. The van der Waals surface area contributed by atoms with E-state index in [1.54, 1.807) is 24.3 Å². The Labute approximate surface area is 168 Å². The highest BCUT2D eigenvalue weighted by Crippen LogP contribution is 2.37. The van der Waals surface area contributed by atoms with E-state index < -0.39 is 10.7 Å². The van der Waals surface area contributed by atoms with E-state index in [4.69, 9.17) is 9.47 Å². The summed E-state index contributed by atoms with van der Waals surface area (Å²) in [6, 6.07) is 10.5. The Morgan fingerprint density at radius 3 is 2.45 bits per heavy atom. The van der Waals surface area contributed by atoms with E-state index >= 15 is 0 Å². The van der Waals surface area contributed by atoms with Crippen LogP contribution >= 0.6 is 0 Å². The molecule has 2 aliphatic heterocycles. The van der Waals surface area contributed by atoms with Gasteiger partial charge in [-0.15, -0.1) is 0 Å². The Kier molecular flexibility index (Phi) is 5.47. The second-order valence-electron chi connectivity index (χ2n) is 7.60. The van der Waals surface area contributed by atoms with E-state index in [0.717, 1.165) is 39.3 Å². The van der Waals surface area contributed by atoms with Gasteiger partial charge in [-0.1, -0.05) is 11.8 Å². The lowest BCUT2D eigenvalue weighted by Crippen LogP contribution is -2.65. The molecule has 2 aromatic rings. The zero-order chi connectivity index (χ0) is 20.3. The van der Waals surface area contributed by atoms with Crippen molar-refractivity contribution in [2.24, 2.45) is 5.41 Å². The van der Waals surface area contributed by atoms with Crippen molar-refractivity contribution in [2.45, 2.75) is 6.42 Å². The molecule has 29 heavy (non-hydrogen) atoms. The number of benzene rings is 2. The second kappa shape index (κ2) is 8.19. The molecule has 0 bridgehead atoms. The zero-order valence-corrected chi connectivity index (χ0v) is 15.9. The molecule has 2 fully saturated rings. The van der Waals surface area contributed by atoms with Crippen LogP contribution in [0.3, 0.4) is 0 Å². The van der Waals surface area contributed by atoms with Gasteiger partial charge in [0.1, 0.15) is 0 Å². The van der Waals surface area contributed by atoms with Gasteiger partial charge >= 0.3 is 0 Å². The van der Waals surface area contributed by atoms with E-state index in [9.17, 15) is 14.5 Å². The number of ether oxygens (including phenoxy) is 2. The fourth-order valence-electron chi connectivity index (χ4n) is 3.61. The van der Waals surface area contributed by atoms with Crippen LogP contribution in [0.1, 0.15) is 17.5 Å². The number of hydrogen-bond donors (Lipinski definition) is 0. The van der Waals surface area contributed by atoms with Gasteiger partial charge in [-0.05, 0) is 36.8 Å². The van der Waals surface area contributed by atoms with Crippen LogP contribution in [-0.2, 0) is 4.74 Å². The summed E-state index contributed by atoms with van der Waals surface area (Å²) in [5.41, 5.74) is 1.56. The topological polar surface area (TPSA) is 64.8 Å². The van der Waals surface area contributed by atoms with Gasteiger partial charge in [0, 0.05) is 48.3 Å². The average Bonchev–Trinajstić information content (AvgIpc) is 2.65. The highest BCUT2D eigenvalue weighted by Gasteiger charge is 2.48. The largest absolute Gasteiger partial charge is 0.490 e. The molecule has 150 valence electrons. The van der Waals surface area contributed by atoms with Crippen molar-refractivity contribution in [1.82, 2.24) is 4.90 Å². The van der Waals surface area contributed by atoms with Crippen molar-refractivity contribution in [3.63, 3.8) is 0 Å². The van der Waals surface area contributed by atoms with Crippen molar-refractivity contribution in [2.75, 3.05) is 39.5 Å². The van der Waals surface area contributed by atoms with Crippen molar-refractivity contribution < 1.29 is 18.8 Å². The van der Waals surface area contributed by atoms with E-state index in [0.29, 0.717) is 23.1 Å². The number of nitro groups is 1. The van der Waals surface area contributed by atoms with Gasteiger partial charge in [0.05, 0.1) is 24.7 Å². The van der Waals surface area contributed by atoms with Crippen LogP contribution < -0.4 is 4.74 Å². The third kappa shape index (κ3) is 4.56. The van der Waals surface area contributed by atoms with Gasteiger partial charge in [0.15, 0.2) is 11.6 Å². The smallest absolute Gasteiger partial charge is 0.269 e. The molecule has 2 saturated heterocycles. The summed E-state index contributed by atoms with van der Waals surface area (Å²) in [5.74, 6) is 5.51. The molecule has 2 heterocycles. The maximum Gasteiger partial charge on any atom is 0.269 e. The summed E-state index contributed by atoms with van der Waals surface area (Å²) in [6.07, 6.45) is 0.845. The Hall–Kier alpha value is -2.95. The van der Waals surface area contributed by atoms with Gasteiger partial charge in [-0.3, -0.25) is 10.1 Å². The minimum Gasteiger partial charge on any atom is -0.490 e. The van der Waals surface area contributed by atoms with E-state index in [1.807, 2.05) is 0 Å². The number of nitrogens with zero attached hydrogens (tertiary/aromatic N) is 2. The highest BCUT2D eigenvalue weighted by atomic mass is 19.1. The first kappa shape index (κ1) is 19.4. The summed E-state index contributed by atoms with van der Waals surface area (Å²) in [6.45, 7) is 5.34. The molecule has 6 nitrogen and oxygen atoms in total. The summed E-state index contributed by atoms with van der Waals surface area (Å²) < 4.78 is 25.1. The van der Waals surface area contributed by atoms with Crippen LogP contribution in [-0.4, -0.2) is 49.3 Å². The lowest BCUT2D eigenvalue weighted by Gasteiger charge is -2.55. The van der Waals surface area contributed by atoms with Gasteiger partial charge in [0.25, 0.3) is 5.69 Å². The molecule has 0 aliphatic carbocycles. The minimum atomic E-state index is -0.464. The van der Waals surface area contributed by atoms with Crippen LogP contribution in [0.15, 0.2) is 42.5 Å². The number of hydrogen-bond acceptors (Lipinski definition) is 5. The summed E-state index contributed by atoms with van der Waals surface area (Å²) in [5, 5.41) is 10.7. The van der Waals surface area contributed by atoms with Gasteiger partial charge in [-0.25, -0.2) is 4.39 Å². The van der Waals surface area contributed by atoms with Crippen molar-refractivity contribution >= 4 is 5.69 Å². The number of halogens is 1. The maximum absolute atomic E-state index is 14.2. The third-order valence-corrected chi connectivity index (χ3v) is 5.17. The molecule has 0 atom stereocenters. The number of nitro benzene ring substituents is 1. The van der Waals surface area contributed by atoms with Gasteiger partial charge in [0.2, 0.25) is 0 Å². The standard InChI is InChI=1S/C22H21FN2O4/c23-20-12-18(3-2-17-4-7-19(8-5-17)25(26)27)6-9-21(20)29-11-1-10-24-13-22(14-24)15-28-16-22/h4-9,12H,1,10-11,13-16H2. The second-order valence-corrected chi connectivity index (χ2v) is 7.60. The fourth-order valence-corrected chi connectivity index (χ4v) is 3.61. The Morgan fingerprint density at radius 1 is 1.14 bits per heavy atom. The first-order valence-electron chi connectivity index (χ1n) is 9.52. The number of rotatable bonds is 6. The molecule has 4 rings (SSSR count). The molecule has 0 unspecified atom stereocenters. The molecule has 0 saturated carbocycles. The molecular weight excluding hydrogens is 375 g/mol. The molecular formula is C22H21FN2O4. The van der Waals surface area contributed by atoms with Crippen molar-refractivity contribution in [3.8, 4) is 17.6 Å². The summed E-state index contributed by atoms with van der Waals surface area (Å²) in [7, 11) is 0. The van der Waals surface area contributed by atoms with E-state index in [2.05, 4.69) is 16.7 Å². The van der Waals surface area contributed by atoms with E-state index in [1.165, 1.54) is 18.2 Å². The maximum atomic E-state index is 14.2. The number of likely N-dealkylation sites (tertiary alicyclic amines) is 1. The fraction of sp³-hybridized carbons (Fsp3) is 0.364. The van der Waals surface area contributed by atoms with Gasteiger partial charge in [-0.2, -0.15) is 0 Å². The molecule has 0 N–H and O–H groups in total. The van der Waals surface area contributed by atoms with Crippen LogP contribution in [0.2, 0.25) is 0 Å². The Bertz CT molecular complexity index is 953. The number of non-ortho nitro benzene ring substituents is 1.